The molecule has 0 fully saturated rings. The fourth-order valence-corrected chi connectivity index (χ4v) is 3.43. The van der Waals surface area contributed by atoms with Crippen molar-refractivity contribution in [3.8, 4) is 0 Å². The van der Waals surface area contributed by atoms with E-state index >= 15 is 0 Å². The molecule has 2 rings (SSSR count). The van der Waals surface area contributed by atoms with E-state index in [1.54, 1.807) is 0 Å². The van der Waals surface area contributed by atoms with Gasteiger partial charge in [-0.15, -0.1) is 0 Å². The topological polar surface area (TPSA) is 54.9 Å². The first-order valence-electron chi connectivity index (χ1n) is 5.34. The highest BCUT2D eigenvalue weighted by molar-refractivity contribution is 8.01. The maximum Gasteiger partial charge on any atom is 0.234 e. The molecule has 0 aliphatic carbocycles. The fourth-order valence-electron chi connectivity index (χ4n) is 1.24. The first kappa shape index (κ1) is 15.6. The Morgan fingerprint density at radius 3 is 3.00 bits per heavy atom. The smallest absolute Gasteiger partial charge is 0.234 e. The minimum Gasteiger partial charge on any atom is -0.325 e. The quantitative estimate of drug-likeness (QED) is 0.832. The van der Waals surface area contributed by atoms with Crippen LogP contribution in [0.5, 0.6) is 0 Å². The summed E-state index contributed by atoms with van der Waals surface area (Å²) in [5, 5.41) is 3.31. The number of aromatic nitrogens is 2. The Morgan fingerprint density at radius 1 is 1.55 bits per heavy atom. The van der Waals surface area contributed by atoms with Gasteiger partial charge in [0.05, 0.1) is 10.8 Å². The van der Waals surface area contributed by atoms with Gasteiger partial charge in [0.2, 0.25) is 11.1 Å². The number of thioether (sulfide) groups is 2. The molecule has 106 valence electrons. The van der Waals surface area contributed by atoms with Crippen LogP contribution in [0.2, 0.25) is 5.02 Å². The number of nitrogens with zero attached hydrogens (tertiary/aromatic N) is 2. The van der Waals surface area contributed by atoms with E-state index in [-0.39, 0.29) is 16.7 Å². The lowest BCUT2D eigenvalue weighted by Crippen LogP contribution is -2.13. The van der Waals surface area contributed by atoms with Crippen molar-refractivity contribution in [2.24, 2.45) is 0 Å². The molecule has 0 spiro atoms. The summed E-state index contributed by atoms with van der Waals surface area (Å²) >= 11 is 9.65. The van der Waals surface area contributed by atoms with E-state index in [1.807, 2.05) is 6.26 Å². The number of rotatable bonds is 5. The zero-order valence-corrected chi connectivity index (χ0v) is 13.4. The zero-order chi connectivity index (χ0) is 14.5. The van der Waals surface area contributed by atoms with Gasteiger partial charge in [-0.05, 0) is 36.0 Å². The van der Waals surface area contributed by atoms with Crippen molar-refractivity contribution in [1.29, 1.82) is 0 Å². The second-order valence-corrected chi connectivity index (χ2v) is 6.67. The second kappa shape index (κ2) is 7.26. The minimum atomic E-state index is -0.516. The summed E-state index contributed by atoms with van der Waals surface area (Å²) in [7, 11) is 0. The summed E-state index contributed by atoms with van der Waals surface area (Å²) in [6, 6.07) is 4.04. The molecule has 0 saturated carbocycles. The van der Waals surface area contributed by atoms with Crippen LogP contribution in [0, 0.1) is 5.82 Å². The third-order valence-corrected chi connectivity index (χ3v) is 4.89. The third kappa shape index (κ3) is 4.34. The largest absolute Gasteiger partial charge is 0.325 e. The van der Waals surface area contributed by atoms with Crippen molar-refractivity contribution < 1.29 is 9.18 Å². The van der Waals surface area contributed by atoms with Crippen molar-refractivity contribution >= 4 is 58.3 Å². The van der Waals surface area contributed by atoms with Gasteiger partial charge in [-0.1, -0.05) is 35.1 Å². The van der Waals surface area contributed by atoms with E-state index in [0.29, 0.717) is 10.8 Å². The number of benzene rings is 1. The second-order valence-electron chi connectivity index (χ2n) is 3.51. The van der Waals surface area contributed by atoms with E-state index in [9.17, 15) is 9.18 Å². The van der Waals surface area contributed by atoms with Gasteiger partial charge in [-0.25, -0.2) is 9.37 Å². The highest BCUT2D eigenvalue weighted by Crippen LogP contribution is 2.24. The number of nitrogens with one attached hydrogen (secondary N) is 1. The number of carbonyl (C=O) groups excluding carboxylic acids is 1. The number of amides is 1. The molecule has 9 heteroatoms. The molecule has 0 unspecified atom stereocenters. The Hall–Kier alpha value is -0.830. The molecule has 1 amide bonds. The minimum absolute atomic E-state index is 0.0239. The first-order valence-corrected chi connectivity index (χ1v) is 8.70. The van der Waals surface area contributed by atoms with Crippen LogP contribution >= 0.6 is 46.7 Å². The highest BCUT2D eigenvalue weighted by Gasteiger charge is 2.09. The SMILES string of the molecule is CSc1nsc(SCC(=O)Nc2ccc(F)c(Cl)c2)n1. The fraction of sp³-hybridized carbons (Fsp3) is 0.182. The van der Waals surface area contributed by atoms with Gasteiger partial charge in [0, 0.05) is 5.69 Å². The summed E-state index contributed by atoms with van der Waals surface area (Å²) in [6.07, 6.45) is 1.89. The van der Waals surface area contributed by atoms with Gasteiger partial charge < -0.3 is 5.32 Å². The van der Waals surface area contributed by atoms with Gasteiger partial charge in [-0.2, -0.15) is 4.37 Å². The molecule has 0 bridgehead atoms. The van der Waals surface area contributed by atoms with E-state index in [2.05, 4.69) is 14.7 Å². The Balaban J connectivity index is 1.87. The zero-order valence-electron chi connectivity index (χ0n) is 10.2. The molecule has 1 N–H and O–H groups in total. The van der Waals surface area contributed by atoms with E-state index in [0.717, 1.165) is 4.34 Å². The molecule has 0 atom stereocenters. The molecule has 1 aromatic heterocycles. The van der Waals surface area contributed by atoms with Crippen LogP contribution in [0.3, 0.4) is 0 Å². The lowest BCUT2D eigenvalue weighted by Gasteiger charge is -2.04. The van der Waals surface area contributed by atoms with Crippen molar-refractivity contribution in [2.45, 2.75) is 9.50 Å². The number of halogens is 2. The first-order chi connectivity index (χ1) is 9.58. The number of hydrogen-bond donors (Lipinski definition) is 1. The van der Waals surface area contributed by atoms with Gasteiger partial charge >= 0.3 is 0 Å². The molecular formula is C11H9ClFN3OS3. The molecule has 0 aliphatic heterocycles. The van der Waals surface area contributed by atoms with Crippen molar-refractivity contribution in [3.63, 3.8) is 0 Å². The van der Waals surface area contributed by atoms with Crippen LogP contribution in [-0.2, 0) is 4.79 Å². The Labute approximate surface area is 132 Å². The third-order valence-electron chi connectivity index (χ3n) is 2.10. The Kier molecular flexibility index (Phi) is 5.64. The maximum atomic E-state index is 13.0. The summed E-state index contributed by atoms with van der Waals surface area (Å²) in [6.45, 7) is 0. The van der Waals surface area contributed by atoms with Crippen LogP contribution in [0.4, 0.5) is 10.1 Å². The molecule has 1 heterocycles. The van der Waals surface area contributed by atoms with Crippen LogP contribution in [0.1, 0.15) is 0 Å². The van der Waals surface area contributed by atoms with Crippen LogP contribution < -0.4 is 5.32 Å². The normalized spacial score (nSPS) is 10.6. The molecule has 1 aromatic carbocycles. The van der Waals surface area contributed by atoms with E-state index < -0.39 is 5.82 Å². The predicted octanol–water partition coefficient (Wildman–Crippen LogP) is 3.78. The van der Waals surface area contributed by atoms with Gasteiger partial charge in [0.25, 0.3) is 0 Å². The summed E-state index contributed by atoms with van der Waals surface area (Å²) < 4.78 is 17.8. The van der Waals surface area contributed by atoms with Gasteiger partial charge in [0.1, 0.15) is 5.82 Å². The van der Waals surface area contributed by atoms with Gasteiger partial charge in [-0.3, -0.25) is 4.79 Å². The maximum absolute atomic E-state index is 13.0. The number of anilines is 1. The monoisotopic (exact) mass is 349 g/mol. The summed E-state index contributed by atoms with van der Waals surface area (Å²) in [5.74, 6) is -0.520. The molecule has 0 radical (unpaired) electrons. The predicted molar refractivity (Wildman–Crippen MR) is 82.5 cm³/mol. The lowest BCUT2D eigenvalue weighted by atomic mass is 10.3. The molecule has 4 nitrogen and oxygen atoms in total. The number of carbonyl (C=O) groups is 1. The summed E-state index contributed by atoms with van der Waals surface area (Å²) in [5.41, 5.74) is 0.462. The summed E-state index contributed by atoms with van der Waals surface area (Å²) in [4.78, 5) is 16.0. The Morgan fingerprint density at radius 2 is 2.35 bits per heavy atom. The van der Waals surface area contributed by atoms with Crippen LogP contribution in [0.15, 0.2) is 27.7 Å². The average molecular weight is 350 g/mol. The van der Waals surface area contributed by atoms with E-state index in [1.165, 1.54) is 53.3 Å². The van der Waals surface area contributed by atoms with Crippen LogP contribution in [0.25, 0.3) is 0 Å². The molecule has 2 aromatic rings. The number of hydrogen-bond acceptors (Lipinski definition) is 6. The van der Waals surface area contributed by atoms with Crippen molar-refractivity contribution in [2.75, 3.05) is 17.3 Å². The van der Waals surface area contributed by atoms with Gasteiger partial charge in [0.15, 0.2) is 4.34 Å². The average Bonchev–Trinajstić information content (AvgIpc) is 2.89. The van der Waals surface area contributed by atoms with Crippen LogP contribution in [-0.4, -0.2) is 27.3 Å². The molecule has 0 saturated heterocycles. The lowest BCUT2D eigenvalue weighted by molar-refractivity contribution is -0.113. The van der Waals surface area contributed by atoms with Crippen molar-refractivity contribution in [1.82, 2.24) is 9.36 Å². The molecular weight excluding hydrogens is 341 g/mol. The standard InChI is InChI=1S/C11H9ClFN3OS3/c1-18-10-15-11(20-16-10)19-5-9(17)14-6-2-3-8(13)7(12)4-6/h2-4H,5H2,1H3,(H,14,17). The van der Waals surface area contributed by atoms with Crippen molar-refractivity contribution in [3.05, 3.63) is 29.0 Å². The molecule has 20 heavy (non-hydrogen) atoms. The highest BCUT2D eigenvalue weighted by atomic mass is 35.5. The van der Waals surface area contributed by atoms with E-state index in [4.69, 9.17) is 11.6 Å². The Bertz CT molecular complexity index is 623. The molecule has 0 aliphatic rings.